The highest BCUT2D eigenvalue weighted by atomic mass is 35.5. The fourth-order valence-corrected chi connectivity index (χ4v) is 3.92. The van der Waals surface area contributed by atoms with Crippen LogP contribution in [0, 0.1) is 6.92 Å². The second-order valence-corrected chi connectivity index (χ2v) is 6.92. The highest BCUT2D eigenvalue weighted by molar-refractivity contribution is 7.21. The van der Waals surface area contributed by atoms with Crippen LogP contribution in [0.4, 0.5) is 0 Å². The Bertz CT molecular complexity index is 1020. The highest BCUT2D eigenvalue weighted by Gasteiger charge is 2.27. The largest absolute Gasteiger partial charge is 0.401 e. The Hall–Kier alpha value is -2.43. The van der Waals surface area contributed by atoms with E-state index in [2.05, 4.69) is 4.99 Å². The molecule has 2 aromatic carbocycles. The molecule has 0 saturated heterocycles. The molecule has 1 aliphatic rings. The molecule has 0 amide bonds. The molecule has 5 heteroatoms. The lowest BCUT2D eigenvalue weighted by molar-refractivity contribution is -0.129. The van der Waals surface area contributed by atoms with Crippen LogP contribution in [-0.4, -0.2) is 11.9 Å². The van der Waals surface area contributed by atoms with Crippen molar-refractivity contribution in [2.45, 2.75) is 6.92 Å². The second kappa shape index (κ2) is 5.89. The summed E-state index contributed by atoms with van der Waals surface area (Å²) in [7, 11) is 0. The minimum absolute atomic E-state index is 0.268. The number of aryl methyl sites for hydroxylation is 1. The molecule has 0 atom stereocenters. The van der Waals surface area contributed by atoms with Gasteiger partial charge in [0.15, 0.2) is 5.70 Å². The van der Waals surface area contributed by atoms with Crippen LogP contribution in [0.3, 0.4) is 0 Å². The van der Waals surface area contributed by atoms with E-state index >= 15 is 0 Å². The topological polar surface area (TPSA) is 38.7 Å². The number of fused-ring (bicyclic) bond motifs is 1. The van der Waals surface area contributed by atoms with Crippen LogP contribution in [0.25, 0.3) is 16.2 Å². The van der Waals surface area contributed by atoms with Crippen LogP contribution in [-0.2, 0) is 9.53 Å². The number of benzene rings is 2. The minimum Gasteiger partial charge on any atom is -0.401 e. The average Bonchev–Trinajstić information content (AvgIpc) is 3.11. The molecule has 3 aromatic rings. The SMILES string of the molecule is Cc1ccc(/C=C2\N=C(c3sc4ccccc4c3Cl)OC2=O)cc1. The van der Waals surface area contributed by atoms with E-state index in [1.54, 1.807) is 6.08 Å². The van der Waals surface area contributed by atoms with E-state index in [1.807, 2.05) is 55.5 Å². The summed E-state index contributed by atoms with van der Waals surface area (Å²) in [6.07, 6.45) is 1.72. The molecule has 3 nitrogen and oxygen atoms in total. The summed E-state index contributed by atoms with van der Waals surface area (Å²) in [6.45, 7) is 2.01. The van der Waals surface area contributed by atoms with E-state index in [0.717, 1.165) is 21.2 Å². The van der Waals surface area contributed by atoms with E-state index in [0.29, 0.717) is 9.90 Å². The summed E-state index contributed by atoms with van der Waals surface area (Å²) in [5.41, 5.74) is 2.34. The smallest absolute Gasteiger partial charge is 0.363 e. The van der Waals surface area contributed by atoms with Gasteiger partial charge in [0, 0.05) is 10.1 Å². The zero-order valence-corrected chi connectivity index (χ0v) is 14.3. The van der Waals surface area contributed by atoms with Crippen LogP contribution >= 0.6 is 22.9 Å². The summed E-state index contributed by atoms with van der Waals surface area (Å²) in [5, 5.41) is 1.51. The van der Waals surface area contributed by atoms with E-state index in [4.69, 9.17) is 16.3 Å². The molecule has 0 N–H and O–H groups in total. The van der Waals surface area contributed by atoms with Gasteiger partial charge in [-0.05, 0) is 24.6 Å². The second-order valence-electron chi connectivity index (χ2n) is 5.49. The normalized spacial score (nSPS) is 15.8. The van der Waals surface area contributed by atoms with Crippen LogP contribution < -0.4 is 0 Å². The third kappa shape index (κ3) is 2.64. The van der Waals surface area contributed by atoms with Gasteiger partial charge in [-0.2, -0.15) is 0 Å². The molecule has 1 aromatic heterocycles. The number of ether oxygens (including phenoxy) is 1. The summed E-state index contributed by atoms with van der Waals surface area (Å²) in [4.78, 5) is 17.1. The van der Waals surface area contributed by atoms with E-state index in [-0.39, 0.29) is 11.6 Å². The molecule has 4 rings (SSSR count). The van der Waals surface area contributed by atoms with Gasteiger partial charge in [-0.15, -0.1) is 11.3 Å². The number of esters is 1. The van der Waals surface area contributed by atoms with Crippen molar-refractivity contribution in [3.8, 4) is 0 Å². The first-order valence-electron chi connectivity index (χ1n) is 7.38. The number of carbonyl (C=O) groups excluding carboxylic acids is 1. The third-order valence-electron chi connectivity index (χ3n) is 3.73. The van der Waals surface area contributed by atoms with Gasteiger partial charge >= 0.3 is 5.97 Å². The van der Waals surface area contributed by atoms with Crippen molar-refractivity contribution in [2.24, 2.45) is 4.99 Å². The molecule has 0 unspecified atom stereocenters. The number of hydrogen-bond acceptors (Lipinski definition) is 4. The van der Waals surface area contributed by atoms with Crippen molar-refractivity contribution >= 4 is 51.0 Å². The molecule has 0 bridgehead atoms. The summed E-state index contributed by atoms with van der Waals surface area (Å²) < 4.78 is 6.37. The Morgan fingerprint density at radius 1 is 1.12 bits per heavy atom. The number of nitrogens with zero attached hydrogens (tertiary/aromatic N) is 1. The third-order valence-corrected chi connectivity index (χ3v) is 5.39. The lowest BCUT2D eigenvalue weighted by Crippen LogP contribution is -2.04. The van der Waals surface area contributed by atoms with E-state index < -0.39 is 5.97 Å². The molecule has 2 heterocycles. The molecule has 0 spiro atoms. The van der Waals surface area contributed by atoms with Crippen LogP contribution in [0.5, 0.6) is 0 Å². The molecule has 0 aliphatic carbocycles. The van der Waals surface area contributed by atoms with Gasteiger partial charge in [0.25, 0.3) is 0 Å². The lowest BCUT2D eigenvalue weighted by atomic mass is 10.1. The summed E-state index contributed by atoms with van der Waals surface area (Å²) in [5.74, 6) is -0.191. The molecule has 1 aliphatic heterocycles. The first-order valence-corrected chi connectivity index (χ1v) is 8.58. The Kier molecular flexibility index (Phi) is 3.71. The molecular weight excluding hydrogens is 342 g/mol. The maximum absolute atomic E-state index is 12.1. The first-order chi connectivity index (χ1) is 11.6. The van der Waals surface area contributed by atoms with Crippen molar-refractivity contribution < 1.29 is 9.53 Å². The van der Waals surface area contributed by atoms with Gasteiger partial charge in [0.1, 0.15) is 4.88 Å². The Morgan fingerprint density at radius 3 is 2.62 bits per heavy atom. The molecule has 0 radical (unpaired) electrons. The Labute approximate surface area is 147 Å². The van der Waals surface area contributed by atoms with Gasteiger partial charge in [-0.25, -0.2) is 9.79 Å². The fraction of sp³-hybridized carbons (Fsp3) is 0.0526. The minimum atomic E-state index is -0.459. The highest BCUT2D eigenvalue weighted by Crippen LogP contribution is 2.37. The molecule has 0 fully saturated rings. The maximum atomic E-state index is 12.1. The van der Waals surface area contributed by atoms with Crippen LogP contribution in [0.2, 0.25) is 5.02 Å². The Balaban J connectivity index is 1.75. The zero-order valence-electron chi connectivity index (χ0n) is 12.7. The van der Waals surface area contributed by atoms with Gasteiger partial charge in [0.2, 0.25) is 5.90 Å². The first kappa shape index (κ1) is 15.1. The monoisotopic (exact) mass is 353 g/mol. The standard InChI is InChI=1S/C19H12ClNO2S/c1-11-6-8-12(9-7-11)10-14-19(22)23-18(21-14)17-16(20)13-4-2-3-5-15(13)24-17/h2-10H,1H3/b14-10-. The molecule has 0 saturated carbocycles. The van der Waals surface area contributed by atoms with E-state index in [1.165, 1.54) is 11.3 Å². The number of carbonyl (C=O) groups is 1. The number of halogens is 1. The van der Waals surface area contributed by atoms with Gasteiger partial charge in [0.05, 0.1) is 5.02 Å². The Morgan fingerprint density at radius 2 is 1.88 bits per heavy atom. The summed E-state index contributed by atoms with van der Waals surface area (Å²) >= 11 is 7.90. The van der Waals surface area contributed by atoms with Gasteiger partial charge < -0.3 is 4.74 Å². The molecule has 24 heavy (non-hydrogen) atoms. The number of thiophene rings is 1. The van der Waals surface area contributed by atoms with Crippen molar-refractivity contribution in [1.82, 2.24) is 0 Å². The average molecular weight is 354 g/mol. The molecule has 118 valence electrons. The van der Waals surface area contributed by atoms with Gasteiger partial charge in [-0.1, -0.05) is 59.6 Å². The summed E-state index contributed by atoms with van der Waals surface area (Å²) in [6, 6.07) is 15.7. The molecular formula is C19H12ClNO2S. The van der Waals surface area contributed by atoms with Crippen molar-refractivity contribution in [1.29, 1.82) is 0 Å². The predicted molar refractivity (Wildman–Crippen MR) is 98.6 cm³/mol. The predicted octanol–water partition coefficient (Wildman–Crippen LogP) is 5.21. The van der Waals surface area contributed by atoms with E-state index in [9.17, 15) is 4.79 Å². The zero-order chi connectivity index (χ0) is 16.7. The fourth-order valence-electron chi connectivity index (χ4n) is 2.48. The van der Waals surface area contributed by atoms with Crippen molar-refractivity contribution in [3.05, 3.63) is 75.3 Å². The van der Waals surface area contributed by atoms with Crippen LogP contribution in [0.1, 0.15) is 16.0 Å². The number of hydrogen-bond donors (Lipinski definition) is 0. The van der Waals surface area contributed by atoms with Crippen LogP contribution in [0.15, 0.2) is 59.2 Å². The number of rotatable bonds is 2. The van der Waals surface area contributed by atoms with Gasteiger partial charge in [-0.3, -0.25) is 0 Å². The van der Waals surface area contributed by atoms with Crippen molar-refractivity contribution in [3.63, 3.8) is 0 Å². The quantitative estimate of drug-likeness (QED) is 0.468. The number of aliphatic imine (C=N–C) groups is 1. The maximum Gasteiger partial charge on any atom is 0.363 e. The lowest BCUT2D eigenvalue weighted by Gasteiger charge is -1.96. The number of cyclic esters (lactones) is 1. The van der Waals surface area contributed by atoms with Crippen molar-refractivity contribution in [2.75, 3.05) is 0 Å².